The van der Waals surface area contributed by atoms with Gasteiger partial charge >= 0.3 is 5.63 Å². The van der Waals surface area contributed by atoms with Gasteiger partial charge in [-0.2, -0.15) is 0 Å². The molecule has 3 aromatic rings. The van der Waals surface area contributed by atoms with Crippen LogP contribution in [0.1, 0.15) is 70.6 Å². The van der Waals surface area contributed by atoms with Crippen molar-refractivity contribution in [3.05, 3.63) is 58.5 Å². The van der Waals surface area contributed by atoms with Gasteiger partial charge in [-0.25, -0.2) is 9.78 Å². The molecule has 23 nitrogen and oxygen atoms in total. The third-order valence-corrected chi connectivity index (χ3v) is 9.74. The number of unbranched alkanes of at least 4 members (excludes halogenated alkanes) is 1. The molecule has 0 saturated heterocycles. The molecule has 23 heteroatoms. The maximum atomic E-state index is 13.9. The highest BCUT2D eigenvalue weighted by Crippen LogP contribution is 2.21. The number of fused-ring (bicyclic) bond motifs is 1. The molecule has 14 N–H and O–H groups in total. The van der Waals surface area contributed by atoms with E-state index in [1.165, 1.54) is 31.6 Å². The number of hydrogen-bond acceptors (Lipinski definition) is 14. The zero-order valence-corrected chi connectivity index (χ0v) is 36.2. The van der Waals surface area contributed by atoms with Gasteiger partial charge in [-0.1, -0.05) is 13.8 Å². The summed E-state index contributed by atoms with van der Waals surface area (Å²) in [5.74, 6) is -6.84. The number of carbonyl (C=O) groups is 8. The monoisotopic (exact) mass is 897 g/mol. The second-order valence-corrected chi connectivity index (χ2v) is 15.6. The molecule has 8 amide bonds. The predicted octanol–water partition coefficient (Wildman–Crippen LogP) is -2.64. The molecule has 0 bridgehead atoms. The zero-order chi connectivity index (χ0) is 47.5. The van der Waals surface area contributed by atoms with Crippen LogP contribution < -0.4 is 54.3 Å². The first-order valence-corrected chi connectivity index (χ1v) is 20.7. The van der Waals surface area contributed by atoms with Crippen LogP contribution in [0.4, 0.5) is 5.69 Å². The molecule has 6 atom stereocenters. The molecule has 0 aliphatic heterocycles. The van der Waals surface area contributed by atoms with E-state index in [0.717, 1.165) is 0 Å². The minimum atomic E-state index is -1.69. The van der Waals surface area contributed by atoms with E-state index in [1.54, 1.807) is 32.9 Å². The van der Waals surface area contributed by atoms with Gasteiger partial charge in [-0.05, 0) is 69.2 Å². The normalized spacial score (nSPS) is 13.9. The largest absolute Gasteiger partial charge is 0.423 e. The maximum Gasteiger partial charge on any atom is 0.336 e. The Balaban J connectivity index is 1.76. The molecule has 1 aromatic carbocycles. The number of nitrogens with one attached hydrogen (secondary N) is 8. The van der Waals surface area contributed by atoms with E-state index in [2.05, 4.69) is 47.2 Å². The molecule has 0 spiro atoms. The smallest absolute Gasteiger partial charge is 0.336 e. The van der Waals surface area contributed by atoms with Crippen LogP contribution in [0.5, 0.6) is 0 Å². The van der Waals surface area contributed by atoms with Gasteiger partial charge in [0.05, 0.1) is 25.2 Å². The highest BCUT2D eigenvalue weighted by Gasteiger charge is 2.33. The van der Waals surface area contributed by atoms with Crippen molar-refractivity contribution in [3.8, 4) is 0 Å². The highest BCUT2D eigenvalue weighted by molar-refractivity contribution is 6.00. The van der Waals surface area contributed by atoms with Crippen LogP contribution in [0.15, 0.2) is 46.0 Å². The number of nitrogens with zero attached hydrogens (tertiary/aromatic N) is 1. The second-order valence-electron chi connectivity index (χ2n) is 15.6. The van der Waals surface area contributed by atoms with Crippen molar-refractivity contribution in [2.75, 3.05) is 25.1 Å². The van der Waals surface area contributed by atoms with Crippen LogP contribution in [-0.4, -0.2) is 123 Å². The fourth-order valence-electron chi connectivity index (χ4n) is 6.47. The van der Waals surface area contributed by atoms with Crippen LogP contribution >= 0.6 is 0 Å². The lowest BCUT2D eigenvalue weighted by molar-refractivity contribution is -0.136. The average molecular weight is 898 g/mol. The number of nitrogens with two attached hydrogens (primary N) is 2. The Labute approximate surface area is 368 Å². The molecule has 2 heterocycles. The molecular formula is C41H59N11O12. The number of aromatic amines is 1. The number of anilines is 1. The standard InChI is InChI=1S/C41H59N11O12/c1-21(2)13-29(38(60)49-28(10-11-34(43)56)36(58)47-24-8-9-26-22(3)14-35(57)64-33(26)16-24)50-37(59)27(7-5-6-12-42)48-40(62)31(18-53)52-41(63)32(19-54)51-39(61)30(46-23(4)55)15-25-17-44-20-45-25/h8-9,14,16-17,20-21,27-32,53-54H,5-7,10-13,15,18-19,42H2,1-4H3,(H2,43,56)(H,44,45)(H,46,55)(H,47,58)(H,48,62)(H,49,60)(H,50,59)(H,51,61)(H,52,63). The first kappa shape index (κ1) is 51.6. The second kappa shape index (κ2) is 25.4. The number of rotatable bonds is 26. The molecule has 350 valence electrons. The number of benzene rings is 1. The summed E-state index contributed by atoms with van der Waals surface area (Å²) in [5, 5.41) is 38.1. The van der Waals surface area contributed by atoms with E-state index in [1.807, 2.05) is 0 Å². The molecule has 3 rings (SSSR count). The number of H-pyrrole nitrogens is 1. The van der Waals surface area contributed by atoms with Gasteiger partial charge in [0.25, 0.3) is 0 Å². The minimum Gasteiger partial charge on any atom is -0.423 e. The summed E-state index contributed by atoms with van der Waals surface area (Å²) in [6, 6.07) is -2.53. The van der Waals surface area contributed by atoms with Crippen molar-refractivity contribution in [1.29, 1.82) is 0 Å². The Hall–Kier alpha value is -6.72. The summed E-state index contributed by atoms with van der Waals surface area (Å²) < 4.78 is 5.26. The van der Waals surface area contributed by atoms with Crippen molar-refractivity contribution >= 4 is 63.9 Å². The van der Waals surface area contributed by atoms with Crippen molar-refractivity contribution in [2.24, 2.45) is 17.4 Å². The van der Waals surface area contributed by atoms with E-state index in [-0.39, 0.29) is 55.8 Å². The lowest BCUT2D eigenvalue weighted by Gasteiger charge is -2.27. The SMILES string of the molecule is CC(=O)NC(Cc1c[nH]cn1)C(=O)NC(CO)C(=O)NC(CO)C(=O)NC(CCCCN)C(=O)NC(CC(C)C)C(=O)NC(CCC(N)=O)C(=O)Nc1ccc2c(C)cc(=O)oc2c1. The lowest BCUT2D eigenvalue weighted by Crippen LogP contribution is -2.61. The number of aryl methyl sites for hydroxylation is 1. The number of hydrogen-bond donors (Lipinski definition) is 12. The summed E-state index contributed by atoms with van der Waals surface area (Å²) in [4.78, 5) is 123. The van der Waals surface area contributed by atoms with E-state index in [9.17, 15) is 53.4 Å². The van der Waals surface area contributed by atoms with Crippen LogP contribution in [0.3, 0.4) is 0 Å². The first-order valence-electron chi connectivity index (χ1n) is 20.7. The number of aliphatic hydroxyl groups is 2. The quantitative estimate of drug-likeness (QED) is 0.0290. The highest BCUT2D eigenvalue weighted by atomic mass is 16.4. The van der Waals surface area contributed by atoms with Gasteiger partial charge in [0.2, 0.25) is 47.3 Å². The van der Waals surface area contributed by atoms with E-state index >= 15 is 0 Å². The number of amides is 8. The Morgan fingerprint density at radius 3 is 1.86 bits per heavy atom. The Morgan fingerprint density at radius 2 is 1.31 bits per heavy atom. The summed E-state index contributed by atoms with van der Waals surface area (Å²) in [5.41, 5.74) is 11.9. The maximum absolute atomic E-state index is 13.9. The summed E-state index contributed by atoms with van der Waals surface area (Å²) in [6.45, 7) is 4.79. The first-order chi connectivity index (χ1) is 30.3. The molecular weight excluding hydrogens is 839 g/mol. The van der Waals surface area contributed by atoms with Crippen molar-refractivity contribution in [3.63, 3.8) is 0 Å². The molecule has 0 aliphatic rings. The van der Waals surface area contributed by atoms with Crippen LogP contribution in [0, 0.1) is 12.8 Å². The van der Waals surface area contributed by atoms with Crippen molar-refractivity contribution in [1.82, 2.24) is 41.9 Å². The molecule has 0 saturated carbocycles. The van der Waals surface area contributed by atoms with Gasteiger partial charge in [0.1, 0.15) is 41.8 Å². The van der Waals surface area contributed by atoms with Crippen LogP contribution in [0.2, 0.25) is 0 Å². The van der Waals surface area contributed by atoms with E-state index in [4.69, 9.17) is 15.9 Å². The fraction of sp³-hybridized carbons (Fsp3) is 0.512. The van der Waals surface area contributed by atoms with E-state index in [0.29, 0.717) is 29.5 Å². The summed E-state index contributed by atoms with van der Waals surface area (Å²) >= 11 is 0. The van der Waals surface area contributed by atoms with Crippen molar-refractivity contribution in [2.45, 2.75) is 109 Å². The minimum absolute atomic E-state index is 0.00178. The summed E-state index contributed by atoms with van der Waals surface area (Å²) in [6.07, 6.45) is 3.11. The number of aromatic nitrogens is 2. The van der Waals surface area contributed by atoms with E-state index < -0.39 is 102 Å². The van der Waals surface area contributed by atoms with Gasteiger partial charge in [-0.15, -0.1) is 0 Å². The van der Waals surface area contributed by atoms with Crippen LogP contribution in [-0.2, 0) is 44.8 Å². The summed E-state index contributed by atoms with van der Waals surface area (Å²) in [7, 11) is 0. The molecule has 2 aromatic heterocycles. The Bertz CT molecular complexity index is 2160. The fourth-order valence-corrected chi connectivity index (χ4v) is 6.47. The number of imidazole rings is 1. The molecule has 64 heavy (non-hydrogen) atoms. The van der Waals surface area contributed by atoms with Gasteiger partial charge in [0, 0.05) is 49.2 Å². The van der Waals surface area contributed by atoms with Gasteiger partial charge < -0.3 is 68.3 Å². The van der Waals surface area contributed by atoms with Crippen molar-refractivity contribution < 1.29 is 53.0 Å². The molecule has 0 fully saturated rings. The number of aliphatic hydroxyl groups excluding tert-OH is 2. The number of carbonyl (C=O) groups excluding carboxylic acids is 8. The molecule has 0 radical (unpaired) electrons. The predicted molar refractivity (Wildman–Crippen MR) is 230 cm³/mol. The van der Waals surface area contributed by atoms with Gasteiger partial charge in [0.15, 0.2) is 0 Å². The Morgan fingerprint density at radius 1 is 0.750 bits per heavy atom. The lowest BCUT2D eigenvalue weighted by atomic mass is 10.0. The zero-order valence-electron chi connectivity index (χ0n) is 36.2. The molecule has 0 aliphatic carbocycles. The number of primary amides is 1. The van der Waals surface area contributed by atoms with Crippen LogP contribution in [0.25, 0.3) is 11.0 Å². The third kappa shape index (κ3) is 16.5. The molecule has 6 unspecified atom stereocenters. The third-order valence-electron chi connectivity index (χ3n) is 9.74. The van der Waals surface area contributed by atoms with Gasteiger partial charge in [-0.3, -0.25) is 38.4 Å². The average Bonchev–Trinajstić information content (AvgIpc) is 3.74. The topological polar surface area (TPSA) is 372 Å². The Kier molecular flexibility index (Phi) is 20.5.